The number of hydrogen-bond acceptors (Lipinski definition) is 2. The van der Waals surface area contributed by atoms with Crippen LogP contribution >= 0.6 is 23.2 Å². The second-order valence-corrected chi connectivity index (χ2v) is 6.59. The van der Waals surface area contributed by atoms with Crippen molar-refractivity contribution in [3.63, 3.8) is 0 Å². The average molecular weight is 347 g/mol. The number of hydrogen-bond donors (Lipinski definition) is 0. The summed E-state index contributed by atoms with van der Waals surface area (Å²) in [6.07, 6.45) is 0.711. The fourth-order valence-corrected chi connectivity index (χ4v) is 3.35. The Morgan fingerprint density at radius 3 is 2.09 bits per heavy atom. The van der Waals surface area contributed by atoms with Crippen LogP contribution in [-0.2, 0) is 9.53 Å². The first-order valence-electron chi connectivity index (χ1n) is 7.39. The quantitative estimate of drug-likeness (QED) is 0.530. The maximum absolute atomic E-state index is 11.5. The van der Waals surface area contributed by atoms with E-state index in [1.54, 1.807) is 6.92 Å². The largest absolute Gasteiger partial charge is 0.462 e. The molecule has 0 N–H and O–H groups in total. The van der Waals surface area contributed by atoms with Gasteiger partial charge in [-0.1, -0.05) is 41.9 Å². The van der Waals surface area contributed by atoms with Crippen molar-refractivity contribution in [1.29, 1.82) is 0 Å². The van der Waals surface area contributed by atoms with E-state index in [0.717, 1.165) is 11.1 Å². The Balaban J connectivity index is 1.90. The SMILES string of the molecule is C=C(C)C(=O)OCCC1c2ccc(Cl)cc2-c2cc(Cl)ccc21. The highest BCUT2D eigenvalue weighted by Crippen LogP contribution is 2.47. The highest BCUT2D eigenvalue weighted by Gasteiger charge is 2.29. The van der Waals surface area contributed by atoms with Gasteiger partial charge in [-0.25, -0.2) is 4.79 Å². The molecule has 0 unspecified atom stereocenters. The number of benzene rings is 2. The van der Waals surface area contributed by atoms with Gasteiger partial charge in [0.15, 0.2) is 0 Å². The highest BCUT2D eigenvalue weighted by molar-refractivity contribution is 6.31. The van der Waals surface area contributed by atoms with Crippen molar-refractivity contribution in [2.24, 2.45) is 0 Å². The van der Waals surface area contributed by atoms with Crippen LogP contribution in [-0.4, -0.2) is 12.6 Å². The van der Waals surface area contributed by atoms with Gasteiger partial charge in [-0.2, -0.15) is 0 Å². The summed E-state index contributed by atoms with van der Waals surface area (Å²) in [5.41, 5.74) is 5.00. The maximum atomic E-state index is 11.5. The molecule has 1 aliphatic carbocycles. The third kappa shape index (κ3) is 3.15. The number of rotatable bonds is 4. The molecule has 0 aromatic heterocycles. The van der Waals surface area contributed by atoms with Crippen LogP contribution in [0.5, 0.6) is 0 Å². The Kier molecular flexibility index (Phi) is 4.47. The molecule has 3 rings (SSSR count). The van der Waals surface area contributed by atoms with Gasteiger partial charge in [0.2, 0.25) is 0 Å². The van der Waals surface area contributed by atoms with E-state index in [1.165, 1.54) is 11.1 Å². The molecule has 0 radical (unpaired) electrons. The van der Waals surface area contributed by atoms with E-state index >= 15 is 0 Å². The van der Waals surface area contributed by atoms with Gasteiger partial charge >= 0.3 is 5.97 Å². The molecule has 0 amide bonds. The second kappa shape index (κ2) is 6.38. The van der Waals surface area contributed by atoms with Crippen molar-refractivity contribution in [2.45, 2.75) is 19.3 Å². The smallest absolute Gasteiger partial charge is 0.333 e. The van der Waals surface area contributed by atoms with E-state index in [9.17, 15) is 4.79 Å². The summed E-state index contributed by atoms with van der Waals surface area (Å²) in [6.45, 7) is 5.59. The molecule has 0 fully saturated rings. The van der Waals surface area contributed by atoms with Crippen LogP contribution in [0, 0.1) is 0 Å². The van der Waals surface area contributed by atoms with E-state index in [2.05, 4.69) is 6.58 Å². The average Bonchev–Trinajstić information content (AvgIpc) is 2.80. The minimum atomic E-state index is -0.351. The lowest BCUT2D eigenvalue weighted by Gasteiger charge is -2.14. The Hall–Kier alpha value is -1.77. The van der Waals surface area contributed by atoms with Crippen LogP contribution < -0.4 is 0 Å². The molecule has 2 nitrogen and oxygen atoms in total. The molecule has 0 heterocycles. The predicted octanol–water partition coefficient (Wildman–Crippen LogP) is 5.62. The van der Waals surface area contributed by atoms with Gasteiger partial charge in [0, 0.05) is 21.5 Å². The Bertz CT molecular complexity index is 744. The topological polar surface area (TPSA) is 26.3 Å². The first kappa shape index (κ1) is 16.1. The van der Waals surface area contributed by atoms with Gasteiger partial charge in [0.25, 0.3) is 0 Å². The molecule has 0 saturated heterocycles. The lowest BCUT2D eigenvalue weighted by molar-refractivity contribution is -0.139. The fraction of sp³-hybridized carbons (Fsp3) is 0.211. The lowest BCUT2D eigenvalue weighted by atomic mass is 9.94. The Morgan fingerprint density at radius 1 is 1.09 bits per heavy atom. The van der Waals surface area contributed by atoms with Gasteiger partial charge < -0.3 is 4.74 Å². The zero-order valence-corrected chi connectivity index (χ0v) is 14.2. The van der Waals surface area contributed by atoms with E-state index in [4.69, 9.17) is 27.9 Å². The van der Waals surface area contributed by atoms with Gasteiger partial charge in [0.1, 0.15) is 0 Å². The lowest BCUT2D eigenvalue weighted by Crippen LogP contribution is -2.09. The van der Waals surface area contributed by atoms with Crippen molar-refractivity contribution in [3.8, 4) is 11.1 Å². The highest BCUT2D eigenvalue weighted by atomic mass is 35.5. The van der Waals surface area contributed by atoms with Crippen molar-refractivity contribution in [2.75, 3.05) is 6.61 Å². The van der Waals surface area contributed by atoms with Crippen molar-refractivity contribution >= 4 is 29.2 Å². The number of carbonyl (C=O) groups is 1. The second-order valence-electron chi connectivity index (χ2n) is 5.72. The monoisotopic (exact) mass is 346 g/mol. The van der Waals surface area contributed by atoms with E-state index in [1.807, 2.05) is 36.4 Å². The molecule has 0 atom stereocenters. The van der Waals surface area contributed by atoms with E-state index in [-0.39, 0.29) is 11.9 Å². The zero-order valence-electron chi connectivity index (χ0n) is 12.7. The molecule has 118 valence electrons. The van der Waals surface area contributed by atoms with Gasteiger partial charge in [0.05, 0.1) is 6.61 Å². The molecular weight excluding hydrogens is 331 g/mol. The minimum Gasteiger partial charge on any atom is -0.462 e. The van der Waals surface area contributed by atoms with Crippen LogP contribution in [0.25, 0.3) is 11.1 Å². The van der Waals surface area contributed by atoms with Crippen LogP contribution in [0.2, 0.25) is 10.0 Å². The maximum Gasteiger partial charge on any atom is 0.333 e. The third-order valence-corrected chi connectivity index (χ3v) is 4.53. The van der Waals surface area contributed by atoms with Crippen LogP contribution in [0.15, 0.2) is 48.6 Å². The summed E-state index contributed by atoms with van der Waals surface area (Å²) in [6, 6.07) is 11.8. The molecule has 2 aromatic rings. The van der Waals surface area contributed by atoms with Gasteiger partial charge in [-0.15, -0.1) is 0 Å². The van der Waals surface area contributed by atoms with Crippen LogP contribution in [0.4, 0.5) is 0 Å². The Labute approximate surface area is 145 Å². The zero-order chi connectivity index (χ0) is 16.6. The molecule has 2 aromatic carbocycles. The molecule has 0 spiro atoms. The summed E-state index contributed by atoms with van der Waals surface area (Å²) >= 11 is 12.3. The van der Waals surface area contributed by atoms with Crippen LogP contribution in [0.1, 0.15) is 30.4 Å². The van der Waals surface area contributed by atoms with Crippen molar-refractivity contribution < 1.29 is 9.53 Å². The normalized spacial score (nSPS) is 12.7. The predicted molar refractivity (Wildman–Crippen MR) is 94.1 cm³/mol. The van der Waals surface area contributed by atoms with Crippen molar-refractivity contribution in [3.05, 3.63) is 69.7 Å². The summed E-state index contributed by atoms with van der Waals surface area (Å²) in [5.74, 6) is -0.178. The molecule has 23 heavy (non-hydrogen) atoms. The Morgan fingerprint density at radius 2 is 1.61 bits per heavy atom. The van der Waals surface area contributed by atoms with E-state index in [0.29, 0.717) is 28.6 Å². The number of carbonyl (C=O) groups excluding carboxylic acids is 1. The molecule has 0 aliphatic heterocycles. The van der Waals surface area contributed by atoms with Gasteiger partial charge in [-0.05, 0) is 59.9 Å². The number of halogens is 2. The van der Waals surface area contributed by atoms with Crippen molar-refractivity contribution in [1.82, 2.24) is 0 Å². The third-order valence-electron chi connectivity index (χ3n) is 4.06. The summed E-state index contributed by atoms with van der Waals surface area (Å²) in [7, 11) is 0. The first-order valence-corrected chi connectivity index (χ1v) is 8.15. The molecule has 0 saturated carbocycles. The summed E-state index contributed by atoms with van der Waals surface area (Å²) in [5, 5.41) is 1.40. The minimum absolute atomic E-state index is 0.174. The fourth-order valence-electron chi connectivity index (χ4n) is 3.00. The number of esters is 1. The van der Waals surface area contributed by atoms with E-state index < -0.39 is 0 Å². The first-order chi connectivity index (χ1) is 11.0. The van der Waals surface area contributed by atoms with Gasteiger partial charge in [-0.3, -0.25) is 0 Å². The molecular formula is C19H16Cl2O2. The number of fused-ring (bicyclic) bond motifs is 3. The summed E-state index contributed by atoms with van der Waals surface area (Å²) < 4.78 is 5.25. The summed E-state index contributed by atoms with van der Waals surface area (Å²) in [4.78, 5) is 11.5. The number of ether oxygens (including phenoxy) is 1. The standard InChI is InChI=1S/C19H16Cl2O2/c1-11(2)19(22)23-8-7-16-14-5-3-12(20)9-17(14)18-10-13(21)4-6-15(16)18/h3-6,9-10,16H,1,7-8H2,2H3. The molecule has 1 aliphatic rings. The van der Waals surface area contributed by atoms with Crippen LogP contribution in [0.3, 0.4) is 0 Å². The molecule has 4 heteroatoms. The molecule has 0 bridgehead atoms.